The SMILES string of the molecule is CON(C)C(=O)[C@H]1CCCN1C(=O)OC(C)(C)C.COc1cc(OC)cc(C(=O)[C@H]2CCCN2C(=O)OC(C)(C)C)c1.COc1cc(OC)cc([C@H](O)C2CCCC2)c1.Cl. The smallest absolute Gasteiger partial charge is 0.410 e. The number of ether oxygens (including phenoxy) is 6. The highest BCUT2D eigenvalue weighted by Crippen LogP contribution is 2.38. The van der Waals surface area contributed by atoms with Crippen LogP contribution < -0.4 is 18.9 Å². The van der Waals surface area contributed by atoms with Crippen LogP contribution >= 0.6 is 12.4 Å². The minimum absolute atomic E-state index is 0. The maximum absolute atomic E-state index is 12.9. The van der Waals surface area contributed by atoms with E-state index in [4.69, 9.17) is 33.3 Å². The molecule has 2 aliphatic heterocycles. The Morgan fingerprint density at radius 3 is 1.43 bits per heavy atom. The van der Waals surface area contributed by atoms with Crippen LogP contribution in [0.15, 0.2) is 36.4 Å². The van der Waals surface area contributed by atoms with Crippen molar-refractivity contribution in [1.82, 2.24) is 14.9 Å². The fraction of sp³-hybridized carbons (Fsp3) is 0.636. The van der Waals surface area contributed by atoms with Gasteiger partial charge in [-0.1, -0.05) is 12.8 Å². The Hall–Kier alpha value is -4.47. The number of likely N-dealkylation sites (tertiary alicyclic amines) is 2. The highest BCUT2D eigenvalue weighted by molar-refractivity contribution is 6.02. The molecule has 15 nitrogen and oxygen atoms in total. The van der Waals surface area contributed by atoms with E-state index >= 15 is 0 Å². The number of nitrogens with zero attached hydrogens (tertiary/aromatic N) is 3. The molecule has 0 bridgehead atoms. The van der Waals surface area contributed by atoms with Gasteiger partial charge < -0.3 is 33.5 Å². The Morgan fingerprint density at radius 2 is 1.03 bits per heavy atom. The lowest BCUT2D eigenvalue weighted by Gasteiger charge is -2.29. The van der Waals surface area contributed by atoms with Gasteiger partial charge in [-0.15, -0.1) is 12.4 Å². The number of halogens is 1. The molecule has 0 spiro atoms. The highest BCUT2D eigenvalue weighted by atomic mass is 35.5. The highest BCUT2D eigenvalue weighted by Gasteiger charge is 2.39. The topological polar surface area (TPSA) is 163 Å². The molecule has 3 atom stereocenters. The Bertz CT molecular complexity index is 1660. The number of methoxy groups -OCH3 is 4. The number of carbonyl (C=O) groups excluding carboxylic acids is 4. The minimum atomic E-state index is -0.591. The van der Waals surface area contributed by atoms with Crippen molar-refractivity contribution in [2.24, 2.45) is 5.92 Å². The van der Waals surface area contributed by atoms with E-state index in [-0.39, 0.29) is 24.1 Å². The summed E-state index contributed by atoms with van der Waals surface area (Å²) in [5.74, 6) is 2.58. The van der Waals surface area contributed by atoms with Gasteiger partial charge in [-0.2, -0.15) is 0 Å². The van der Waals surface area contributed by atoms with Crippen LogP contribution in [0.2, 0.25) is 0 Å². The van der Waals surface area contributed by atoms with Crippen LogP contribution in [-0.2, 0) is 19.1 Å². The fourth-order valence-electron chi connectivity index (χ4n) is 7.13. The normalized spacial score (nSPS) is 18.1. The molecule has 3 fully saturated rings. The van der Waals surface area contributed by atoms with Crippen molar-refractivity contribution in [2.45, 2.75) is 122 Å². The second-order valence-corrected chi connectivity index (χ2v) is 16.8. The number of rotatable bonds is 10. The molecule has 2 heterocycles. The number of Topliss-reactive ketones (excluding diaryl/α,β-unsaturated/α-hetero) is 1. The van der Waals surface area contributed by atoms with Crippen LogP contribution in [0.5, 0.6) is 23.0 Å². The van der Waals surface area contributed by atoms with E-state index in [1.165, 1.54) is 51.0 Å². The van der Waals surface area contributed by atoms with E-state index in [0.29, 0.717) is 48.9 Å². The van der Waals surface area contributed by atoms with E-state index in [2.05, 4.69) is 0 Å². The van der Waals surface area contributed by atoms with E-state index in [1.807, 2.05) is 39.0 Å². The summed E-state index contributed by atoms with van der Waals surface area (Å²) in [6, 6.07) is 9.65. The Balaban J connectivity index is 0.000000313. The number of carbonyl (C=O) groups is 4. The Labute approximate surface area is 362 Å². The maximum atomic E-state index is 12.9. The zero-order valence-corrected chi connectivity index (χ0v) is 38.3. The third kappa shape index (κ3) is 15.2. The van der Waals surface area contributed by atoms with E-state index < -0.39 is 41.6 Å². The molecule has 0 aromatic heterocycles. The molecule has 0 radical (unpaired) electrons. The Kier molecular flexibility index (Phi) is 20.2. The lowest BCUT2D eigenvalue weighted by Crippen LogP contribution is -2.47. The fourth-order valence-corrected chi connectivity index (χ4v) is 7.13. The zero-order chi connectivity index (χ0) is 44.1. The predicted octanol–water partition coefficient (Wildman–Crippen LogP) is 8.04. The van der Waals surface area contributed by atoms with Gasteiger partial charge >= 0.3 is 12.2 Å². The van der Waals surface area contributed by atoms with Gasteiger partial charge in [0.1, 0.15) is 40.2 Å². The molecular formula is C44H68ClN3O12. The molecule has 338 valence electrons. The number of aliphatic hydroxyl groups is 1. The molecule has 16 heteroatoms. The summed E-state index contributed by atoms with van der Waals surface area (Å²) < 4.78 is 31.6. The molecule has 3 aliphatic rings. The first-order chi connectivity index (χ1) is 27.7. The van der Waals surface area contributed by atoms with Gasteiger partial charge in [-0.3, -0.25) is 24.2 Å². The summed E-state index contributed by atoms with van der Waals surface area (Å²) in [5, 5.41) is 11.5. The van der Waals surface area contributed by atoms with Crippen LogP contribution in [0.1, 0.15) is 115 Å². The summed E-state index contributed by atoms with van der Waals surface area (Å²) >= 11 is 0. The third-order valence-electron chi connectivity index (χ3n) is 10.1. The van der Waals surface area contributed by atoms with Crippen LogP contribution in [0, 0.1) is 5.92 Å². The van der Waals surface area contributed by atoms with Crippen molar-refractivity contribution < 1.29 is 57.5 Å². The van der Waals surface area contributed by atoms with Crippen molar-refractivity contribution in [3.05, 3.63) is 47.5 Å². The maximum Gasteiger partial charge on any atom is 0.410 e. The predicted molar refractivity (Wildman–Crippen MR) is 229 cm³/mol. The monoisotopic (exact) mass is 865 g/mol. The Morgan fingerprint density at radius 1 is 0.633 bits per heavy atom. The van der Waals surface area contributed by atoms with Gasteiger partial charge in [0, 0.05) is 37.8 Å². The van der Waals surface area contributed by atoms with Gasteiger partial charge in [0.25, 0.3) is 5.91 Å². The molecule has 5 rings (SSSR count). The summed E-state index contributed by atoms with van der Waals surface area (Å²) in [5.41, 5.74) is 0.215. The molecule has 1 N–H and O–H groups in total. The molecule has 0 unspecified atom stereocenters. The molecule has 3 amide bonds. The van der Waals surface area contributed by atoms with Crippen molar-refractivity contribution in [3.8, 4) is 23.0 Å². The number of likely N-dealkylation sites (N-methyl/N-ethyl adjacent to an activating group) is 1. The van der Waals surface area contributed by atoms with Gasteiger partial charge in [0.15, 0.2) is 5.78 Å². The summed E-state index contributed by atoms with van der Waals surface area (Å²) in [7, 11) is 9.27. The molecular weight excluding hydrogens is 798 g/mol. The number of ketones is 1. The quantitative estimate of drug-likeness (QED) is 0.181. The standard InChI is InChI=1S/C18H25NO5.C14H20O3.C12H22N2O4.ClH/c1-18(2,3)24-17(21)19-8-6-7-15(19)16(20)12-9-13(22-4)11-14(10-12)23-5;1-16-12-7-11(8-13(9-12)17-2)14(15)10-5-3-4-6-10;1-12(2,3)18-11(16)14-8-6-7-9(14)10(15)13(4)17-5;/h9-11,15H,6-8H2,1-5H3;7-10,14-15H,3-6H2,1-2H3;9H,6-8H2,1-5H3;1H/t15-;14-;9-;/m111./s1. The lowest BCUT2D eigenvalue weighted by atomic mass is 9.94. The van der Waals surface area contributed by atoms with Gasteiger partial charge in [0.05, 0.1) is 47.7 Å². The van der Waals surface area contributed by atoms with Crippen LogP contribution in [-0.4, -0.2) is 123 Å². The first-order valence-corrected chi connectivity index (χ1v) is 20.2. The molecule has 1 aliphatic carbocycles. The summed E-state index contributed by atoms with van der Waals surface area (Å²) in [6.45, 7) is 11.9. The molecule has 2 aromatic carbocycles. The molecule has 60 heavy (non-hydrogen) atoms. The van der Waals surface area contributed by atoms with Crippen LogP contribution in [0.3, 0.4) is 0 Å². The van der Waals surface area contributed by atoms with Crippen molar-refractivity contribution in [3.63, 3.8) is 0 Å². The van der Waals surface area contributed by atoms with Crippen molar-refractivity contribution >= 4 is 36.3 Å². The second-order valence-electron chi connectivity index (χ2n) is 16.8. The average Bonchev–Trinajstić information content (AvgIpc) is 4.01. The summed E-state index contributed by atoms with van der Waals surface area (Å²) in [6.07, 6.45) is 6.22. The number of hydrogen-bond donors (Lipinski definition) is 1. The first-order valence-electron chi connectivity index (χ1n) is 20.2. The minimum Gasteiger partial charge on any atom is -0.497 e. The zero-order valence-electron chi connectivity index (χ0n) is 37.5. The van der Waals surface area contributed by atoms with E-state index in [1.54, 1.807) is 53.2 Å². The molecule has 2 aromatic rings. The van der Waals surface area contributed by atoms with Gasteiger partial charge in [-0.25, -0.2) is 14.7 Å². The van der Waals surface area contributed by atoms with Crippen molar-refractivity contribution in [1.29, 1.82) is 0 Å². The van der Waals surface area contributed by atoms with Gasteiger partial charge in [0.2, 0.25) is 0 Å². The number of hydrogen-bond acceptors (Lipinski definition) is 12. The number of benzene rings is 2. The van der Waals surface area contributed by atoms with E-state index in [0.717, 1.165) is 47.8 Å². The summed E-state index contributed by atoms with van der Waals surface area (Å²) in [4.78, 5) is 57.1. The first kappa shape index (κ1) is 51.7. The largest absolute Gasteiger partial charge is 0.497 e. The number of aliphatic hydroxyl groups excluding tert-OH is 1. The second kappa shape index (κ2) is 23.5. The molecule has 1 saturated carbocycles. The third-order valence-corrected chi connectivity index (χ3v) is 10.1. The van der Waals surface area contributed by atoms with E-state index in [9.17, 15) is 24.3 Å². The number of amides is 3. The van der Waals surface area contributed by atoms with Crippen LogP contribution in [0.4, 0.5) is 9.59 Å². The van der Waals surface area contributed by atoms with Crippen molar-refractivity contribution in [2.75, 3.05) is 55.7 Å². The average molecular weight is 866 g/mol. The molecule has 2 saturated heterocycles. The van der Waals surface area contributed by atoms with Gasteiger partial charge in [-0.05, 0) is 116 Å². The number of hydroxylamine groups is 2. The lowest BCUT2D eigenvalue weighted by molar-refractivity contribution is -0.173. The van der Waals surface area contributed by atoms with Crippen LogP contribution in [0.25, 0.3) is 0 Å².